The largest absolute Gasteiger partial charge is 0.378 e. The molecule has 3 aromatic rings. The fraction of sp³-hybridized carbons (Fsp3) is 0.821. The fourth-order valence-corrected chi connectivity index (χ4v) is 17.2. The maximum atomic E-state index is 12.8. The summed E-state index contributed by atoms with van der Waals surface area (Å²) in [6.45, 7) is 72.1. The van der Waals surface area contributed by atoms with Crippen LogP contribution < -0.4 is 0 Å². The summed E-state index contributed by atoms with van der Waals surface area (Å²) in [6.07, 6.45) is 60.4. The van der Waals surface area contributed by atoms with Gasteiger partial charge in [-0.3, -0.25) is 0 Å². The maximum absolute atomic E-state index is 12.8. The molecule has 0 aromatic heterocycles. The topological polar surface area (TPSA) is 36.9 Å². The van der Waals surface area contributed by atoms with E-state index in [0.717, 1.165) is 155 Å². The van der Waals surface area contributed by atoms with Gasteiger partial charge in [-0.05, 0) is 294 Å². The van der Waals surface area contributed by atoms with Crippen molar-refractivity contribution in [2.45, 2.75) is 522 Å². The minimum atomic E-state index is -0.116. The number of benzene rings is 3. The van der Waals surface area contributed by atoms with Gasteiger partial charge in [-0.25, -0.2) is 8.78 Å². The van der Waals surface area contributed by atoms with E-state index in [9.17, 15) is 8.78 Å². The first-order valence-corrected chi connectivity index (χ1v) is 52.3. The van der Waals surface area contributed by atoms with Crippen molar-refractivity contribution in [1.82, 2.24) is 0 Å². The number of hydrogen-bond donors (Lipinski definition) is 0. The number of halogens is 2. The highest BCUT2D eigenvalue weighted by atomic mass is 19.1. The lowest BCUT2D eigenvalue weighted by molar-refractivity contribution is -0.187. The number of allylic oxidation sites excluding steroid dienone is 4. The van der Waals surface area contributed by atoms with Crippen LogP contribution in [-0.2, 0) is 18.9 Å². The zero-order chi connectivity index (χ0) is 92.4. The van der Waals surface area contributed by atoms with Gasteiger partial charge in [0.2, 0.25) is 0 Å². The lowest BCUT2D eigenvalue weighted by atomic mass is 9.84. The molecule has 0 spiro atoms. The quantitative estimate of drug-likeness (QED) is 0.210. The van der Waals surface area contributed by atoms with Crippen LogP contribution in [0.1, 0.15) is 495 Å². The zero-order valence-electron chi connectivity index (χ0n) is 87.6. The van der Waals surface area contributed by atoms with E-state index in [1.54, 1.807) is 37.1 Å². The summed E-state index contributed by atoms with van der Waals surface area (Å²) < 4.78 is 46.5. The molecule has 4 nitrogen and oxygen atoms in total. The van der Waals surface area contributed by atoms with Crippen LogP contribution in [0.15, 0.2) is 77.9 Å². The predicted molar refractivity (Wildman–Crippen MR) is 584 cm³/mol. The van der Waals surface area contributed by atoms with Crippen LogP contribution in [0.5, 0.6) is 0 Å². The number of aryl methyl sites for hydroxylation is 6. The van der Waals surface area contributed by atoms with E-state index in [4.69, 9.17) is 18.9 Å². The molecule has 129 heavy (non-hydrogen) atoms. The Bertz CT molecular complexity index is 2480. The molecule has 3 saturated heterocycles. The van der Waals surface area contributed by atoms with Crippen LogP contribution in [0.2, 0.25) is 0 Å². The van der Waals surface area contributed by atoms with Gasteiger partial charge in [0.1, 0.15) is 11.6 Å². The lowest BCUT2D eigenvalue weighted by Crippen LogP contribution is -2.27. The lowest BCUT2D eigenvalue weighted by Gasteiger charge is -2.24. The van der Waals surface area contributed by atoms with Crippen molar-refractivity contribution in [2.24, 2.45) is 112 Å². The van der Waals surface area contributed by atoms with Crippen molar-refractivity contribution in [3.63, 3.8) is 0 Å². The van der Waals surface area contributed by atoms with Crippen molar-refractivity contribution >= 4 is 0 Å². The van der Waals surface area contributed by atoms with Crippen molar-refractivity contribution < 1.29 is 29.2 Å². The molecule has 0 bridgehead atoms. The summed E-state index contributed by atoms with van der Waals surface area (Å²) in [5.74, 6) is 18.1. The van der Waals surface area contributed by atoms with Crippen molar-refractivity contribution in [3.8, 4) is 0 Å². The second-order valence-electron chi connectivity index (χ2n) is 44.5. The molecule has 10 fully saturated rings. The maximum Gasteiger partial charge on any atom is 0.154 e. The van der Waals surface area contributed by atoms with Crippen molar-refractivity contribution in [3.05, 3.63) is 128 Å². The first kappa shape index (κ1) is 137. The normalized spacial score (nSPS) is 30.4. The van der Waals surface area contributed by atoms with Gasteiger partial charge in [-0.1, -0.05) is 433 Å². The molecule has 766 valence electrons. The van der Waals surface area contributed by atoms with Gasteiger partial charge in [0.15, 0.2) is 6.29 Å². The Balaban J connectivity index is -0.000000249. The Morgan fingerprint density at radius 3 is 0.605 bits per heavy atom. The van der Waals surface area contributed by atoms with E-state index in [1.807, 2.05) is 39.8 Å². The van der Waals surface area contributed by atoms with Crippen molar-refractivity contribution in [1.29, 1.82) is 0 Å². The third kappa shape index (κ3) is 77.6. The SMILES string of the molecule is C.C.C.C.C.C.CC1=CCC(C)CC1.CC1=CCC(C)CC1.CC1CCC(C)CC1.CC1CCC(C)CC1.CC1CCC(C)CC1.CC1CCC(C)CC1.CC1CCC(C)CC1.CC1CCC(C)CC1.CC1CCC(C)CC1.CC1CCC(C)OC1.CC1CCC(C)OC1.CC1COC(C)OC1.Cc1cc(C)c(C)c(F)c1.Cc1ccc(C)c(F)c1.Cc1ccc(C)cc1.[HH]. The molecule has 0 amide bonds. The molecule has 0 radical (unpaired) electrons. The Morgan fingerprint density at radius 1 is 0.217 bits per heavy atom. The molecule has 3 heterocycles. The standard InChI is InChI=1S/C9H11F.C8H9F.7C8H16.2C8H14.C8H10.2C7H14O.C6H12O2.6CH4.H2/c1-6-4-7(2)8(3)9(10)5-6;1-6-3-4-7(2)8(9)5-6;10*1-7-3-5-8(2)6-4-7;2*1-6-3-4-7(2)8-5-6;1-5-3-7-6(2)8-4-5;;;;;;;/h4-5H,1-3H3;3-5H,1-2H3;7*7-8H,3-6H2,1-2H3;2*3,8H,4-6H2,1-2H3;3-6H,1-2H3;2*6-7H,3-5H2,1-2H3;5-6H,3-4H2,1-2H3;6*1H4;1H. The Labute approximate surface area is 813 Å². The molecule has 9 aliphatic carbocycles. The molecule has 7 saturated carbocycles. The van der Waals surface area contributed by atoms with Gasteiger partial charge < -0.3 is 18.9 Å². The average Bonchev–Trinajstić information content (AvgIpc) is 0.866. The van der Waals surface area contributed by atoms with E-state index in [2.05, 4.69) is 210 Å². The highest BCUT2D eigenvalue weighted by molar-refractivity contribution is 5.30. The summed E-state index contributed by atoms with van der Waals surface area (Å²) >= 11 is 0. The number of ether oxygens (including phenoxy) is 4. The van der Waals surface area contributed by atoms with Gasteiger partial charge in [0.05, 0.1) is 25.4 Å². The van der Waals surface area contributed by atoms with Crippen LogP contribution >= 0.6 is 0 Å². The first-order chi connectivity index (χ1) is 58.0. The summed E-state index contributed by atoms with van der Waals surface area (Å²) in [5.41, 5.74) is 10.3. The molecule has 6 atom stereocenters. The van der Waals surface area contributed by atoms with Crippen LogP contribution in [0, 0.1) is 173 Å². The van der Waals surface area contributed by atoms with Gasteiger partial charge in [0, 0.05) is 20.6 Å². The van der Waals surface area contributed by atoms with Gasteiger partial charge in [-0.15, -0.1) is 0 Å². The molecular weight excluding hydrogens is 1580 g/mol. The third-order valence-electron chi connectivity index (χ3n) is 28.9. The average molecular weight is 1820 g/mol. The monoisotopic (exact) mass is 1820 g/mol. The molecule has 6 heteroatoms. The highest BCUT2D eigenvalue weighted by Crippen LogP contribution is 2.34. The molecule has 3 aliphatic heterocycles. The van der Waals surface area contributed by atoms with Crippen LogP contribution in [-0.4, -0.2) is 44.9 Å². The van der Waals surface area contributed by atoms with Crippen molar-refractivity contribution in [2.75, 3.05) is 26.4 Å². The number of hydrogen-bond acceptors (Lipinski definition) is 4. The van der Waals surface area contributed by atoms with E-state index >= 15 is 0 Å². The second-order valence-corrected chi connectivity index (χ2v) is 44.5. The highest BCUT2D eigenvalue weighted by Gasteiger charge is 2.21. The smallest absolute Gasteiger partial charge is 0.154 e. The van der Waals surface area contributed by atoms with Crippen LogP contribution in [0.4, 0.5) is 8.78 Å². The molecule has 6 unspecified atom stereocenters. The van der Waals surface area contributed by atoms with E-state index in [1.165, 1.54) is 261 Å². The van der Waals surface area contributed by atoms with E-state index in [-0.39, 0.29) is 63.9 Å². The summed E-state index contributed by atoms with van der Waals surface area (Å²) in [6, 6.07) is 17.2. The minimum absolute atomic E-state index is 0. The Morgan fingerprint density at radius 2 is 0.434 bits per heavy atom. The first-order valence-electron chi connectivity index (χ1n) is 52.3. The van der Waals surface area contributed by atoms with Gasteiger partial charge >= 0.3 is 0 Å². The summed E-state index contributed by atoms with van der Waals surface area (Å²) in [4.78, 5) is 0. The molecule has 0 N–H and O–H groups in total. The Hall–Kier alpha value is -3.16. The van der Waals surface area contributed by atoms with Crippen LogP contribution in [0.25, 0.3) is 0 Å². The molecular formula is C123H236F2O4. The fourth-order valence-electron chi connectivity index (χ4n) is 17.2. The van der Waals surface area contributed by atoms with E-state index < -0.39 is 0 Å². The van der Waals surface area contributed by atoms with Gasteiger partial charge in [0.25, 0.3) is 0 Å². The third-order valence-corrected chi connectivity index (χ3v) is 28.9. The summed E-state index contributed by atoms with van der Waals surface area (Å²) in [7, 11) is 0. The minimum Gasteiger partial charge on any atom is -0.378 e. The predicted octanol–water partition coefficient (Wildman–Crippen LogP) is 41.6. The molecule has 15 rings (SSSR count). The van der Waals surface area contributed by atoms with E-state index in [0.29, 0.717) is 23.7 Å². The van der Waals surface area contributed by atoms with Gasteiger partial charge in [-0.2, -0.15) is 0 Å². The molecule has 12 aliphatic rings. The second kappa shape index (κ2) is 82.0. The Kier molecular flexibility index (Phi) is 86.8. The molecule has 3 aromatic carbocycles. The number of rotatable bonds is 0. The summed E-state index contributed by atoms with van der Waals surface area (Å²) in [5, 5.41) is 0. The zero-order valence-corrected chi connectivity index (χ0v) is 87.6. The van der Waals surface area contributed by atoms with Crippen LogP contribution in [0.3, 0.4) is 0 Å².